The largest absolute Gasteiger partial charge is 0.392 e. The molecule has 1 atom stereocenters. The Labute approximate surface area is 66.0 Å². The Morgan fingerprint density at radius 3 is 2.27 bits per heavy atom. The molecule has 1 rings (SSSR count). The van der Waals surface area contributed by atoms with E-state index in [0.717, 1.165) is 19.3 Å². The van der Waals surface area contributed by atoms with Crippen molar-refractivity contribution in [3.05, 3.63) is 0 Å². The highest BCUT2D eigenvalue weighted by molar-refractivity contribution is 7.85. The number of aliphatic hydroxyl groups is 1. The summed E-state index contributed by atoms with van der Waals surface area (Å²) in [5.41, 5.74) is 0. The first-order valence-corrected chi connectivity index (χ1v) is 5.23. The van der Waals surface area contributed by atoms with Crippen LogP contribution in [-0.4, -0.2) is 29.9 Å². The monoisotopic (exact) mass is 180 g/mol. The first kappa shape index (κ1) is 8.96. The topological polar surface area (TPSA) is 74.6 Å². The van der Waals surface area contributed by atoms with Gasteiger partial charge in [0.05, 0.1) is 6.10 Å². The molecule has 0 saturated heterocycles. The van der Waals surface area contributed by atoms with Crippen LogP contribution in [-0.2, 0) is 10.1 Å². The third kappa shape index (κ3) is 2.76. The molecule has 1 saturated carbocycles. The highest BCUT2D eigenvalue weighted by atomic mass is 32.2. The van der Waals surface area contributed by atoms with Crippen molar-refractivity contribution in [2.45, 2.75) is 25.4 Å². The van der Waals surface area contributed by atoms with Crippen molar-refractivity contribution in [1.29, 1.82) is 0 Å². The lowest BCUT2D eigenvalue weighted by atomic mass is 9.82. The van der Waals surface area contributed by atoms with Gasteiger partial charge in [-0.3, -0.25) is 4.55 Å². The third-order valence-corrected chi connectivity index (χ3v) is 2.84. The van der Waals surface area contributed by atoms with Crippen LogP contribution in [0.4, 0.5) is 0 Å². The van der Waals surface area contributed by atoms with Gasteiger partial charge in [0.25, 0.3) is 10.1 Å². The molecule has 1 aliphatic carbocycles. The number of hydrogen-bond donors (Lipinski definition) is 2. The maximum absolute atomic E-state index is 10.3. The molecule has 1 unspecified atom stereocenters. The lowest BCUT2D eigenvalue weighted by Crippen LogP contribution is -2.32. The summed E-state index contributed by atoms with van der Waals surface area (Å²) in [4.78, 5) is 0. The lowest BCUT2D eigenvalue weighted by molar-refractivity contribution is 0.0791. The van der Waals surface area contributed by atoms with Crippen molar-refractivity contribution in [3.63, 3.8) is 0 Å². The third-order valence-electron chi connectivity index (χ3n) is 2.08. The fourth-order valence-electron chi connectivity index (χ4n) is 1.18. The summed E-state index contributed by atoms with van der Waals surface area (Å²) < 4.78 is 28.9. The van der Waals surface area contributed by atoms with Crippen molar-refractivity contribution < 1.29 is 18.1 Å². The van der Waals surface area contributed by atoms with E-state index in [9.17, 15) is 8.42 Å². The van der Waals surface area contributed by atoms with Crippen LogP contribution in [0.5, 0.6) is 0 Å². The Morgan fingerprint density at radius 2 is 2.00 bits per heavy atom. The molecule has 0 bridgehead atoms. The second-order valence-corrected chi connectivity index (χ2v) is 4.50. The highest BCUT2D eigenvalue weighted by Crippen LogP contribution is 2.29. The van der Waals surface area contributed by atoms with Gasteiger partial charge in [-0.2, -0.15) is 8.42 Å². The van der Waals surface area contributed by atoms with Crippen molar-refractivity contribution in [2.75, 3.05) is 5.75 Å². The summed E-state index contributed by atoms with van der Waals surface area (Å²) in [5.74, 6) is -0.436. The van der Waals surface area contributed by atoms with E-state index in [1.165, 1.54) is 0 Å². The standard InChI is InChI=1S/C6H12O4S/c7-6(4-11(8,9)10)5-2-1-3-5/h5-7H,1-4H2,(H,8,9,10). The van der Waals surface area contributed by atoms with Crippen molar-refractivity contribution in [3.8, 4) is 0 Å². The van der Waals surface area contributed by atoms with E-state index < -0.39 is 22.0 Å². The van der Waals surface area contributed by atoms with Crippen LogP contribution in [0, 0.1) is 5.92 Å². The molecule has 0 aromatic carbocycles. The van der Waals surface area contributed by atoms with E-state index in [4.69, 9.17) is 9.66 Å². The fourth-order valence-corrected chi connectivity index (χ4v) is 1.88. The quantitative estimate of drug-likeness (QED) is 0.601. The molecule has 1 fully saturated rings. The van der Waals surface area contributed by atoms with Crippen LogP contribution in [0.1, 0.15) is 19.3 Å². The minimum atomic E-state index is -3.99. The Morgan fingerprint density at radius 1 is 1.45 bits per heavy atom. The molecule has 0 radical (unpaired) electrons. The van der Waals surface area contributed by atoms with Crippen molar-refractivity contribution in [1.82, 2.24) is 0 Å². The summed E-state index contributed by atoms with van der Waals surface area (Å²) in [5, 5.41) is 9.17. The predicted octanol–water partition coefficient (Wildman–Crippen LogP) is 0.0352. The van der Waals surface area contributed by atoms with Gasteiger partial charge < -0.3 is 5.11 Å². The van der Waals surface area contributed by atoms with Crippen molar-refractivity contribution >= 4 is 10.1 Å². The van der Waals surface area contributed by atoms with Gasteiger partial charge in [-0.15, -0.1) is 0 Å². The van der Waals surface area contributed by atoms with E-state index in [2.05, 4.69) is 0 Å². The van der Waals surface area contributed by atoms with Gasteiger partial charge in [0.1, 0.15) is 5.75 Å². The zero-order valence-electron chi connectivity index (χ0n) is 6.10. The summed E-state index contributed by atoms with van der Waals surface area (Å²) in [6.07, 6.45) is 1.92. The molecule has 11 heavy (non-hydrogen) atoms. The molecule has 0 aliphatic heterocycles. The molecule has 4 nitrogen and oxygen atoms in total. The number of aliphatic hydroxyl groups excluding tert-OH is 1. The second-order valence-electron chi connectivity index (χ2n) is 3.01. The number of rotatable bonds is 3. The predicted molar refractivity (Wildman–Crippen MR) is 39.8 cm³/mol. The molecule has 0 spiro atoms. The normalized spacial score (nSPS) is 22.7. The molecule has 0 amide bonds. The fraction of sp³-hybridized carbons (Fsp3) is 1.00. The zero-order chi connectivity index (χ0) is 8.48. The van der Waals surface area contributed by atoms with Crippen LogP contribution in [0.3, 0.4) is 0 Å². The molecule has 0 aromatic rings. The van der Waals surface area contributed by atoms with E-state index >= 15 is 0 Å². The number of hydrogen-bond acceptors (Lipinski definition) is 3. The zero-order valence-corrected chi connectivity index (χ0v) is 6.92. The van der Waals surface area contributed by atoms with Gasteiger partial charge in [0.15, 0.2) is 0 Å². The average molecular weight is 180 g/mol. The summed E-state index contributed by atoms with van der Waals surface area (Å²) in [7, 11) is -3.99. The Bertz CT molecular complexity index is 217. The summed E-state index contributed by atoms with van der Waals surface area (Å²) in [6.45, 7) is 0. The first-order valence-electron chi connectivity index (χ1n) is 3.62. The average Bonchev–Trinajstić information content (AvgIpc) is 1.50. The van der Waals surface area contributed by atoms with Gasteiger partial charge in [0, 0.05) is 0 Å². The minimum Gasteiger partial charge on any atom is -0.392 e. The lowest BCUT2D eigenvalue weighted by Gasteiger charge is -2.29. The highest BCUT2D eigenvalue weighted by Gasteiger charge is 2.28. The maximum Gasteiger partial charge on any atom is 0.267 e. The molecule has 0 heterocycles. The van der Waals surface area contributed by atoms with Gasteiger partial charge in [-0.05, 0) is 18.8 Å². The van der Waals surface area contributed by atoms with Gasteiger partial charge in [-0.1, -0.05) is 6.42 Å². The van der Waals surface area contributed by atoms with Crippen LogP contribution >= 0.6 is 0 Å². The molecule has 0 aromatic heterocycles. The summed E-state index contributed by atoms with van der Waals surface area (Å²) in [6, 6.07) is 0. The molecular formula is C6H12O4S. The first-order chi connectivity index (χ1) is 4.99. The van der Waals surface area contributed by atoms with Gasteiger partial charge in [-0.25, -0.2) is 0 Å². The van der Waals surface area contributed by atoms with E-state index in [1.54, 1.807) is 0 Å². The van der Waals surface area contributed by atoms with Crippen LogP contribution in [0.2, 0.25) is 0 Å². The molecule has 1 aliphatic rings. The Balaban J connectivity index is 2.36. The molecule has 66 valence electrons. The van der Waals surface area contributed by atoms with Gasteiger partial charge >= 0.3 is 0 Å². The SMILES string of the molecule is O=S(=O)(O)CC(O)C1CCC1. The van der Waals surface area contributed by atoms with E-state index in [-0.39, 0.29) is 5.92 Å². The Kier molecular flexibility index (Phi) is 2.51. The molecule has 5 heteroatoms. The molecule has 2 N–H and O–H groups in total. The Hall–Kier alpha value is -0.130. The maximum atomic E-state index is 10.3. The van der Waals surface area contributed by atoms with E-state index in [0.29, 0.717) is 0 Å². The van der Waals surface area contributed by atoms with Crippen LogP contribution < -0.4 is 0 Å². The molecular weight excluding hydrogens is 168 g/mol. The van der Waals surface area contributed by atoms with E-state index in [1.807, 2.05) is 0 Å². The smallest absolute Gasteiger partial charge is 0.267 e. The van der Waals surface area contributed by atoms with Crippen LogP contribution in [0.15, 0.2) is 0 Å². The second kappa shape index (κ2) is 3.08. The van der Waals surface area contributed by atoms with Crippen LogP contribution in [0.25, 0.3) is 0 Å². The minimum absolute atomic E-state index is 0.0805. The van der Waals surface area contributed by atoms with Gasteiger partial charge in [0.2, 0.25) is 0 Å². The summed E-state index contributed by atoms with van der Waals surface area (Å²) >= 11 is 0. The van der Waals surface area contributed by atoms with Crippen molar-refractivity contribution in [2.24, 2.45) is 5.92 Å².